The van der Waals surface area contributed by atoms with Crippen molar-refractivity contribution >= 4 is 29.9 Å². The van der Waals surface area contributed by atoms with Crippen LogP contribution in [0.4, 0.5) is 16.3 Å². The van der Waals surface area contributed by atoms with E-state index in [0.29, 0.717) is 35.1 Å². The van der Waals surface area contributed by atoms with Gasteiger partial charge in [-0.15, -0.1) is 0 Å². The molecule has 0 spiro atoms. The summed E-state index contributed by atoms with van der Waals surface area (Å²) in [5.74, 6) is 1.55. The fraction of sp³-hybridized carbons (Fsp3) is 0.500. The van der Waals surface area contributed by atoms with E-state index in [0.717, 1.165) is 37.8 Å². The molecule has 180 valence electrons. The van der Waals surface area contributed by atoms with Gasteiger partial charge in [0.2, 0.25) is 12.3 Å². The average molecular weight is 468 g/mol. The van der Waals surface area contributed by atoms with Crippen LogP contribution in [0.15, 0.2) is 24.3 Å². The highest BCUT2D eigenvalue weighted by Crippen LogP contribution is 2.66. The van der Waals surface area contributed by atoms with E-state index in [1.54, 1.807) is 25.2 Å². The van der Waals surface area contributed by atoms with E-state index < -0.39 is 0 Å². The van der Waals surface area contributed by atoms with Crippen LogP contribution in [-0.2, 0) is 20.7 Å². The van der Waals surface area contributed by atoms with Crippen LogP contribution in [0.2, 0.25) is 0 Å². The monoisotopic (exact) mass is 467 g/mol. The molecule has 5 rings (SSSR count). The number of carbonyl (C=O) groups is 3. The zero-order valence-electron chi connectivity index (χ0n) is 19.3. The molecule has 0 aliphatic heterocycles. The van der Waals surface area contributed by atoms with Gasteiger partial charge in [0, 0.05) is 35.8 Å². The lowest BCUT2D eigenvalue weighted by Gasteiger charge is -2.17. The predicted octanol–water partition coefficient (Wildman–Crippen LogP) is 2.72. The lowest BCUT2D eigenvalue weighted by atomic mass is 10.0. The van der Waals surface area contributed by atoms with Crippen molar-refractivity contribution in [1.29, 1.82) is 0 Å². The van der Waals surface area contributed by atoms with Gasteiger partial charge in [-0.1, -0.05) is 12.1 Å². The predicted molar refractivity (Wildman–Crippen MR) is 124 cm³/mol. The van der Waals surface area contributed by atoms with E-state index in [9.17, 15) is 14.4 Å². The lowest BCUT2D eigenvalue weighted by molar-refractivity contribution is -0.115. The molecule has 2 aromatic rings. The smallest absolute Gasteiger partial charge is 0.407 e. The topological polar surface area (TPSA) is 126 Å². The third-order valence-electron chi connectivity index (χ3n) is 7.17. The first kappa shape index (κ1) is 22.2. The third kappa shape index (κ3) is 4.44. The SMILES string of the molecule is COc1c(CC(=O)Nc2cc(C3CCC(OC(=O)NC45CC4C5)C3)[nH]n2)cccc1N(C)C=O. The van der Waals surface area contributed by atoms with E-state index in [-0.39, 0.29) is 36.0 Å². The Morgan fingerprint density at radius 2 is 2.12 bits per heavy atom. The van der Waals surface area contributed by atoms with Crippen LogP contribution in [0.25, 0.3) is 0 Å². The maximum Gasteiger partial charge on any atom is 0.407 e. The summed E-state index contributed by atoms with van der Waals surface area (Å²) in [6.07, 6.45) is 4.95. The van der Waals surface area contributed by atoms with Crippen molar-refractivity contribution in [2.24, 2.45) is 5.92 Å². The maximum absolute atomic E-state index is 12.7. The highest BCUT2D eigenvalue weighted by Gasteiger charge is 2.71. The van der Waals surface area contributed by atoms with Crippen molar-refractivity contribution in [1.82, 2.24) is 15.5 Å². The molecular formula is C24H29N5O5. The lowest BCUT2D eigenvalue weighted by Crippen LogP contribution is -2.33. The summed E-state index contributed by atoms with van der Waals surface area (Å²) < 4.78 is 11.1. The average Bonchev–Trinajstić information content (AvgIpc) is 3.46. The molecule has 1 aromatic carbocycles. The molecule has 0 radical (unpaired) electrons. The molecule has 2 atom stereocenters. The Balaban J connectivity index is 1.14. The Hall–Kier alpha value is -3.56. The molecule has 2 unspecified atom stereocenters. The summed E-state index contributed by atoms with van der Waals surface area (Å²) in [6, 6.07) is 7.15. The second-order valence-corrected chi connectivity index (χ2v) is 9.54. The number of benzene rings is 1. The summed E-state index contributed by atoms with van der Waals surface area (Å²) in [6.45, 7) is 0. The number of alkyl carbamates (subject to hydrolysis) is 1. The molecular weight excluding hydrogens is 438 g/mol. The summed E-state index contributed by atoms with van der Waals surface area (Å²) in [5, 5.41) is 13.0. The minimum Gasteiger partial charge on any atom is -0.494 e. The molecule has 3 saturated carbocycles. The number of aromatic amines is 1. The molecule has 1 heterocycles. The fourth-order valence-corrected chi connectivity index (χ4v) is 4.87. The molecule has 3 fully saturated rings. The summed E-state index contributed by atoms with van der Waals surface area (Å²) in [7, 11) is 3.13. The first-order valence-electron chi connectivity index (χ1n) is 11.6. The number of fused-ring (bicyclic) bond motifs is 1. The van der Waals surface area contributed by atoms with Gasteiger partial charge in [0.25, 0.3) is 0 Å². The molecule has 3 aliphatic rings. The van der Waals surface area contributed by atoms with Crippen LogP contribution in [0.3, 0.4) is 0 Å². The summed E-state index contributed by atoms with van der Waals surface area (Å²) >= 11 is 0. The van der Waals surface area contributed by atoms with Crippen molar-refractivity contribution in [3.8, 4) is 5.75 Å². The van der Waals surface area contributed by atoms with Gasteiger partial charge in [-0.05, 0) is 44.1 Å². The number of anilines is 2. The molecule has 0 bridgehead atoms. The number of rotatable bonds is 9. The van der Waals surface area contributed by atoms with E-state index in [1.807, 2.05) is 6.07 Å². The Bertz CT molecular complexity index is 1110. The Morgan fingerprint density at radius 3 is 2.82 bits per heavy atom. The number of carbonyl (C=O) groups excluding carboxylic acids is 3. The number of ether oxygens (including phenoxy) is 2. The molecule has 10 heteroatoms. The first-order valence-corrected chi connectivity index (χ1v) is 11.6. The minimum atomic E-state index is -0.304. The number of nitrogens with zero attached hydrogens (tertiary/aromatic N) is 2. The van der Waals surface area contributed by atoms with E-state index in [2.05, 4.69) is 20.8 Å². The van der Waals surface area contributed by atoms with Crippen molar-refractivity contribution < 1.29 is 23.9 Å². The maximum atomic E-state index is 12.7. The van der Waals surface area contributed by atoms with Crippen molar-refractivity contribution in [3.63, 3.8) is 0 Å². The zero-order chi connectivity index (χ0) is 23.9. The van der Waals surface area contributed by atoms with Gasteiger partial charge in [-0.25, -0.2) is 4.79 Å². The quantitative estimate of drug-likeness (QED) is 0.487. The van der Waals surface area contributed by atoms with Gasteiger partial charge in [-0.2, -0.15) is 5.10 Å². The van der Waals surface area contributed by atoms with Gasteiger partial charge in [0.05, 0.1) is 19.2 Å². The number of methoxy groups -OCH3 is 1. The van der Waals surface area contributed by atoms with Gasteiger partial charge >= 0.3 is 6.09 Å². The van der Waals surface area contributed by atoms with E-state index in [1.165, 1.54) is 12.0 Å². The molecule has 1 aromatic heterocycles. The van der Waals surface area contributed by atoms with Crippen LogP contribution in [0.5, 0.6) is 5.75 Å². The Morgan fingerprint density at radius 1 is 1.32 bits per heavy atom. The standard InChI is InChI=1S/C24H29N5O5/c1-29(13-30)19-5-3-4-15(22(19)33-2)9-21(31)25-20-10-18(27-28-20)14-6-7-17(8-14)34-23(32)26-24-11-16(24)12-24/h3-5,10,13-14,16-17H,6-9,11-12H2,1-2H3,(H,26,32)(H2,25,27,28,31). The fourth-order valence-electron chi connectivity index (χ4n) is 4.87. The van der Waals surface area contributed by atoms with Gasteiger partial charge < -0.3 is 25.0 Å². The van der Waals surface area contributed by atoms with Crippen LogP contribution < -0.4 is 20.3 Å². The van der Waals surface area contributed by atoms with Gasteiger partial charge in [-0.3, -0.25) is 14.7 Å². The molecule has 0 saturated heterocycles. The first-order chi connectivity index (χ1) is 16.4. The molecule has 3 amide bonds. The normalized spacial score (nSPS) is 26.2. The van der Waals surface area contributed by atoms with Gasteiger partial charge in [0.15, 0.2) is 5.82 Å². The number of nitrogens with one attached hydrogen (secondary N) is 3. The summed E-state index contributed by atoms with van der Waals surface area (Å²) in [4.78, 5) is 37.3. The minimum absolute atomic E-state index is 0.0707. The molecule has 10 nitrogen and oxygen atoms in total. The van der Waals surface area contributed by atoms with E-state index >= 15 is 0 Å². The number of amides is 3. The Labute approximate surface area is 197 Å². The molecule has 3 aliphatic carbocycles. The van der Waals surface area contributed by atoms with Crippen LogP contribution in [-0.4, -0.2) is 54.4 Å². The van der Waals surface area contributed by atoms with Crippen molar-refractivity contribution in [2.75, 3.05) is 24.4 Å². The zero-order valence-corrected chi connectivity index (χ0v) is 19.3. The van der Waals surface area contributed by atoms with Crippen molar-refractivity contribution in [2.45, 2.75) is 56.1 Å². The molecule has 34 heavy (non-hydrogen) atoms. The number of aromatic nitrogens is 2. The van der Waals surface area contributed by atoms with Gasteiger partial charge in [0.1, 0.15) is 11.9 Å². The van der Waals surface area contributed by atoms with Crippen molar-refractivity contribution in [3.05, 3.63) is 35.5 Å². The highest BCUT2D eigenvalue weighted by atomic mass is 16.6. The van der Waals surface area contributed by atoms with Crippen LogP contribution >= 0.6 is 0 Å². The number of H-pyrrole nitrogens is 1. The molecule has 3 N–H and O–H groups in total. The number of hydrogen-bond donors (Lipinski definition) is 3. The van der Waals surface area contributed by atoms with Crippen LogP contribution in [0.1, 0.15) is 49.3 Å². The second-order valence-electron chi connectivity index (χ2n) is 9.54. The van der Waals surface area contributed by atoms with Crippen LogP contribution in [0, 0.1) is 5.92 Å². The highest BCUT2D eigenvalue weighted by molar-refractivity contribution is 5.92. The second kappa shape index (κ2) is 8.66. The number of hydrogen-bond acceptors (Lipinski definition) is 6. The Kier molecular flexibility index (Phi) is 5.66. The third-order valence-corrected chi connectivity index (χ3v) is 7.17. The number of para-hydroxylation sites is 1. The van der Waals surface area contributed by atoms with E-state index in [4.69, 9.17) is 9.47 Å². The largest absolute Gasteiger partial charge is 0.494 e. The summed E-state index contributed by atoms with van der Waals surface area (Å²) in [5.41, 5.74) is 2.24.